The van der Waals surface area contributed by atoms with E-state index < -0.39 is 8.32 Å². The SMILES string of the molecule is CC1=C[C@@](C)(CCO[Si](C)(C)C(C)(C)C)CN=C1C. The van der Waals surface area contributed by atoms with Crippen molar-refractivity contribution in [2.75, 3.05) is 13.2 Å². The van der Waals surface area contributed by atoms with Crippen LogP contribution in [0.3, 0.4) is 0 Å². The molecular weight excluding hydrogens is 250 g/mol. The first-order valence-electron chi connectivity index (χ1n) is 7.32. The fourth-order valence-electron chi connectivity index (χ4n) is 2.00. The van der Waals surface area contributed by atoms with Crippen molar-refractivity contribution in [3.63, 3.8) is 0 Å². The third-order valence-electron chi connectivity index (χ3n) is 4.76. The van der Waals surface area contributed by atoms with Crippen LogP contribution in [0, 0.1) is 5.41 Å². The summed E-state index contributed by atoms with van der Waals surface area (Å²) in [6.07, 6.45) is 3.44. The second-order valence-electron chi connectivity index (χ2n) is 7.74. The van der Waals surface area contributed by atoms with Crippen LogP contribution < -0.4 is 0 Å². The lowest BCUT2D eigenvalue weighted by molar-refractivity contribution is 0.234. The molecule has 0 bridgehead atoms. The molecule has 110 valence electrons. The summed E-state index contributed by atoms with van der Waals surface area (Å²) >= 11 is 0. The number of dihydropyridines is 1. The fraction of sp³-hybridized carbons (Fsp3) is 0.812. The molecule has 1 heterocycles. The van der Waals surface area contributed by atoms with Gasteiger partial charge in [-0.25, -0.2) is 0 Å². The Morgan fingerprint density at radius 2 is 1.89 bits per heavy atom. The van der Waals surface area contributed by atoms with Crippen LogP contribution in [0.5, 0.6) is 0 Å². The molecule has 0 N–H and O–H groups in total. The Labute approximate surface area is 120 Å². The topological polar surface area (TPSA) is 21.6 Å². The maximum atomic E-state index is 6.29. The molecule has 0 saturated heterocycles. The van der Waals surface area contributed by atoms with Gasteiger partial charge in [-0.3, -0.25) is 4.99 Å². The second-order valence-corrected chi connectivity index (χ2v) is 12.6. The average molecular weight is 282 g/mol. The van der Waals surface area contributed by atoms with Gasteiger partial charge in [-0.2, -0.15) is 0 Å². The van der Waals surface area contributed by atoms with E-state index >= 15 is 0 Å². The zero-order chi connectivity index (χ0) is 14.9. The molecule has 1 aliphatic heterocycles. The van der Waals surface area contributed by atoms with Gasteiger partial charge >= 0.3 is 0 Å². The van der Waals surface area contributed by atoms with Gasteiger partial charge in [0.25, 0.3) is 0 Å². The molecule has 0 saturated carbocycles. The minimum Gasteiger partial charge on any atom is -0.417 e. The second kappa shape index (κ2) is 5.53. The highest BCUT2D eigenvalue weighted by molar-refractivity contribution is 6.74. The van der Waals surface area contributed by atoms with Gasteiger partial charge in [0.05, 0.1) is 0 Å². The molecule has 0 radical (unpaired) electrons. The number of hydrogen-bond donors (Lipinski definition) is 0. The molecule has 0 aliphatic carbocycles. The number of allylic oxidation sites excluding steroid dienone is 1. The first-order chi connectivity index (χ1) is 8.47. The van der Waals surface area contributed by atoms with E-state index in [-0.39, 0.29) is 5.41 Å². The van der Waals surface area contributed by atoms with Crippen molar-refractivity contribution < 1.29 is 4.43 Å². The largest absolute Gasteiger partial charge is 0.417 e. The highest BCUT2D eigenvalue weighted by Crippen LogP contribution is 2.37. The summed E-state index contributed by atoms with van der Waals surface area (Å²) in [7, 11) is -1.61. The monoisotopic (exact) mass is 281 g/mol. The molecule has 0 fully saturated rings. The van der Waals surface area contributed by atoms with Gasteiger partial charge in [0.2, 0.25) is 0 Å². The fourth-order valence-corrected chi connectivity index (χ4v) is 3.05. The Kier molecular flexibility index (Phi) is 4.84. The molecule has 19 heavy (non-hydrogen) atoms. The van der Waals surface area contributed by atoms with Crippen molar-refractivity contribution in [1.29, 1.82) is 0 Å². The van der Waals surface area contributed by atoms with E-state index in [9.17, 15) is 0 Å². The quantitative estimate of drug-likeness (QED) is 0.677. The van der Waals surface area contributed by atoms with Gasteiger partial charge in [-0.05, 0) is 44.0 Å². The lowest BCUT2D eigenvalue weighted by atomic mass is 9.83. The zero-order valence-corrected chi connectivity index (χ0v) is 15.1. The van der Waals surface area contributed by atoms with Crippen LogP contribution in [-0.2, 0) is 4.43 Å². The van der Waals surface area contributed by atoms with E-state index in [0.717, 1.165) is 19.6 Å². The molecule has 0 unspecified atom stereocenters. The average Bonchev–Trinajstić information content (AvgIpc) is 2.22. The summed E-state index contributed by atoms with van der Waals surface area (Å²) < 4.78 is 6.29. The molecule has 1 aliphatic rings. The molecule has 0 amide bonds. The Bertz CT molecular complexity index is 390. The smallest absolute Gasteiger partial charge is 0.191 e. The molecule has 3 heteroatoms. The summed E-state index contributed by atoms with van der Waals surface area (Å²) in [5.41, 5.74) is 2.68. The van der Waals surface area contributed by atoms with Crippen LogP contribution >= 0.6 is 0 Å². The van der Waals surface area contributed by atoms with E-state index in [1.807, 2.05) is 0 Å². The van der Waals surface area contributed by atoms with Crippen LogP contribution in [0.4, 0.5) is 0 Å². The maximum Gasteiger partial charge on any atom is 0.191 e. The Hall–Kier alpha value is -0.413. The van der Waals surface area contributed by atoms with Gasteiger partial charge in [0, 0.05) is 24.3 Å². The molecule has 0 aromatic rings. The first kappa shape index (κ1) is 16.6. The minimum atomic E-state index is -1.61. The first-order valence-corrected chi connectivity index (χ1v) is 10.2. The van der Waals surface area contributed by atoms with Crippen LogP contribution in [0.1, 0.15) is 48.0 Å². The van der Waals surface area contributed by atoms with E-state index in [1.165, 1.54) is 11.3 Å². The normalized spacial score (nSPS) is 25.1. The van der Waals surface area contributed by atoms with Crippen molar-refractivity contribution in [3.8, 4) is 0 Å². The number of rotatable bonds is 4. The van der Waals surface area contributed by atoms with Crippen LogP contribution in [-0.4, -0.2) is 27.2 Å². The maximum absolute atomic E-state index is 6.29. The van der Waals surface area contributed by atoms with Crippen molar-refractivity contribution in [3.05, 3.63) is 11.6 Å². The van der Waals surface area contributed by atoms with Gasteiger partial charge in [0.15, 0.2) is 8.32 Å². The number of nitrogens with zero attached hydrogens (tertiary/aromatic N) is 1. The minimum absolute atomic E-state index is 0.173. The lowest BCUT2D eigenvalue weighted by Crippen LogP contribution is -2.41. The summed E-state index contributed by atoms with van der Waals surface area (Å²) in [5, 5.41) is 0.293. The predicted octanol–water partition coefficient (Wildman–Crippen LogP) is 4.83. The van der Waals surface area contributed by atoms with E-state index in [4.69, 9.17) is 4.43 Å². The van der Waals surface area contributed by atoms with Crippen LogP contribution in [0.25, 0.3) is 0 Å². The molecule has 1 rings (SSSR count). The van der Waals surface area contributed by atoms with Crippen molar-refractivity contribution >= 4 is 14.0 Å². The zero-order valence-electron chi connectivity index (χ0n) is 14.1. The molecule has 0 aromatic carbocycles. The summed E-state index contributed by atoms with van der Waals surface area (Å²) in [6, 6.07) is 0. The third-order valence-corrected chi connectivity index (χ3v) is 9.29. The highest BCUT2D eigenvalue weighted by Gasteiger charge is 2.37. The van der Waals surface area contributed by atoms with Crippen molar-refractivity contribution in [2.24, 2.45) is 10.4 Å². The summed E-state index contributed by atoms with van der Waals surface area (Å²) in [4.78, 5) is 4.63. The Balaban J connectivity index is 2.55. The van der Waals surface area contributed by atoms with Gasteiger partial charge < -0.3 is 4.43 Å². The molecule has 2 nitrogen and oxygen atoms in total. The van der Waals surface area contributed by atoms with Crippen molar-refractivity contribution in [1.82, 2.24) is 0 Å². The third kappa shape index (κ3) is 4.28. The summed E-state index contributed by atoms with van der Waals surface area (Å²) in [5.74, 6) is 0. The number of aliphatic imine (C=N–C) groups is 1. The highest BCUT2D eigenvalue weighted by atomic mass is 28.4. The lowest BCUT2D eigenvalue weighted by Gasteiger charge is -2.37. The van der Waals surface area contributed by atoms with E-state index in [2.05, 4.69) is 65.7 Å². The van der Waals surface area contributed by atoms with Crippen LogP contribution in [0.15, 0.2) is 16.6 Å². The number of hydrogen-bond acceptors (Lipinski definition) is 2. The van der Waals surface area contributed by atoms with E-state index in [1.54, 1.807) is 0 Å². The van der Waals surface area contributed by atoms with Gasteiger partial charge in [-0.15, -0.1) is 0 Å². The molecule has 0 aromatic heterocycles. The standard InChI is InChI=1S/C16H31NOSi/c1-13-11-16(6,12-17-14(13)2)9-10-18-19(7,8)15(3,4)5/h11H,9-10,12H2,1-8H3/t16-/m1/s1. The molecular formula is C16H31NOSi. The predicted molar refractivity (Wildman–Crippen MR) is 87.6 cm³/mol. The molecule has 1 atom stereocenters. The Morgan fingerprint density at radius 3 is 2.37 bits per heavy atom. The van der Waals surface area contributed by atoms with Gasteiger partial charge in [-0.1, -0.05) is 33.8 Å². The summed E-state index contributed by atoms with van der Waals surface area (Å²) in [6.45, 7) is 19.8. The van der Waals surface area contributed by atoms with Crippen molar-refractivity contribution in [2.45, 2.75) is 66.1 Å². The molecule has 0 spiro atoms. The van der Waals surface area contributed by atoms with Crippen LogP contribution in [0.2, 0.25) is 18.1 Å². The van der Waals surface area contributed by atoms with E-state index in [0.29, 0.717) is 5.04 Å². The van der Waals surface area contributed by atoms with Gasteiger partial charge in [0.1, 0.15) is 0 Å². The Morgan fingerprint density at radius 1 is 1.32 bits per heavy atom.